The number of amides is 1. The van der Waals surface area contributed by atoms with E-state index in [0.29, 0.717) is 12.2 Å². The van der Waals surface area contributed by atoms with Gasteiger partial charge in [0.05, 0.1) is 5.56 Å². The number of likely N-dealkylation sites (tertiary alicyclic amines) is 1. The Balaban J connectivity index is 1.45. The molecule has 230 valence electrons. The molecule has 0 aliphatic carbocycles. The molecule has 0 radical (unpaired) electrons. The predicted octanol–water partition coefficient (Wildman–Crippen LogP) is 5.51. The Morgan fingerprint density at radius 3 is 2.80 bits per heavy atom. The molecule has 0 spiro atoms. The van der Waals surface area contributed by atoms with Gasteiger partial charge in [0.2, 0.25) is 6.54 Å². The van der Waals surface area contributed by atoms with Gasteiger partial charge < -0.3 is 24.3 Å². The van der Waals surface area contributed by atoms with E-state index in [1.807, 2.05) is 19.2 Å². The van der Waals surface area contributed by atoms with Crippen molar-refractivity contribution in [2.24, 2.45) is 0 Å². The lowest BCUT2D eigenvalue weighted by molar-refractivity contribution is -0.131. The minimum atomic E-state index is -1.11. The zero-order chi connectivity index (χ0) is 31.0. The standard InChI is InChI=1S/C32H33F3N6O2S/c1-19(33)31(42)41-13-12-40(17-22(41)16-36-2)30-24-15-25(34)26(23-10-4-7-20-8-6-14-44-29(20)23)27(35)28(24)37-32(38-30)43-18-21-9-5-11-39(21)3/h4,7,10,15,21-22H,1,5-6,8-9,11-14,16-18H2,3H3/t21-,22-/m0/s1. The minimum absolute atomic E-state index is 0.0360. The second-order valence-electron chi connectivity index (χ2n) is 11.5. The molecular weight excluding hydrogens is 589 g/mol. The summed E-state index contributed by atoms with van der Waals surface area (Å²) in [6, 6.07) is 6.27. The van der Waals surface area contributed by atoms with Gasteiger partial charge in [-0.15, -0.1) is 11.8 Å². The maximum absolute atomic E-state index is 16.6. The number of carbonyl (C=O) groups excluding carboxylic acids is 1. The predicted molar refractivity (Wildman–Crippen MR) is 165 cm³/mol. The molecule has 8 nitrogen and oxygen atoms in total. The zero-order valence-electron chi connectivity index (χ0n) is 24.5. The number of anilines is 1. The van der Waals surface area contributed by atoms with Crippen LogP contribution in [-0.2, 0) is 11.2 Å². The molecule has 4 heterocycles. The van der Waals surface area contributed by atoms with E-state index >= 15 is 8.78 Å². The SMILES string of the molecule is [C-]#[N+]C[C@H]1CN(c2nc(OC[C@@H]3CCCN3C)nc3c(F)c(-c4cccc5c4SCCC5)c(F)cc23)CCN1C(=O)C(=C)F. The van der Waals surface area contributed by atoms with Crippen LogP contribution in [0.1, 0.15) is 24.8 Å². The van der Waals surface area contributed by atoms with Gasteiger partial charge in [-0.3, -0.25) is 4.79 Å². The molecule has 0 saturated carbocycles. The Bertz CT molecular complexity index is 1660. The third kappa shape index (κ3) is 5.71. The number of aryl methyl sites for hydroxylation is 1. The van der Waals surface area contributed by atoms with E-state index in [-0.39, 0.29) is 60.5 Å². The first kappa shape index (κ1) is 30.2. The summed E-state index contributed by atoms with van der Waals surface area (Å²) in [5, 5.41) is 0.155. The molecule has 1 amide bonds. The van der Waals surface area contributed by atoms with E-state index < -0.39 is 29.4 Å². The third-order valence-corrected chi connectivity index (χ3v) is 9.96. The summed E-state index contributed by atoms with van der Waals surface area (Å²) in [6.07, 6.45) is 3.85. The van der Waals surface area contributed by atoms with Crippen LogP contribution in [0.2, 0.25) is 0 Å². The molecule has 6 rings (SSSR count). The number of nitrogens with zero attached hydrogens (tertiary/aromatic N) is 6. The molecule has 2 fully saturated rings. The summed E-state index contributed by atoms with van der Waals surface area (Å²) in [5.41, 5.74) is 1.35. The number of thioether (sulfide) groups is 1. The van der Waals surface area contributed by atoms with Crippen molar-refractivity contribution in [3.8, 4) is 17.1 Å². The van der Waals surface area contributed by atoms with E-state index in [1.54, 1.807) is 22.7 Å². The number of carbonyl (C=O) groups is 1. The second kappa shape index (κ2) is 12.7. The number of likely N-dealkylation sites (N-methyl/N-ethyl adjacent to an activating group) is 1. The molecule has 2 aromatic carbocycles. The van der Waals surface area contributed by atoms with Gasteiger partial charge >= 0.3 is 6.01 Å². The van der Waals surface area contributed by atoms with E-state index in [4.69, 9.17) is 11.3 Å². The molecule has 44 heavy (non-hydrogen) atoms. The average Bonchev–Trinajstić information content (AvgIpc) is 3.44. The monoisotopic (exact) mass is 622 g/mol. The van der Waals surface area contributed by atoms with Crippen molar-refractivity contribution in [3.63, 3.8) is 0 Å². The van der Waals surface area contributed by atoms with E-state index in [2.05, 4.69) is 26.3 Å². The van der Waals surface area contributed by atoms with Crippen LogP contribution in [0.25, 0.3) is 26.9 Å². The first-order valence-corrected chi connectivity index (χ1v) is 15.8. The lowest BCUT2D eigenvalue weighted by atomic mass is 9.98. The highest BCUT2D eigenvalue weighted by Gasteiger charge is 2.36. The Labute approximate surface area is 258 Å². The van der Waals surface area contributed by atoms with Crippen molar-refractivity contribution in [1.29, 1.82) is 0 Å². The van der Waals surface area contributed by atoms with Gasteiger partial charge in [0, 0.05) is 41.5 Å². The van der Waals surface area contributed by atoms with Gasteiger partial charge in [-0.2, -0.15) is 9.97 Å². The first-order valence-electron chi connectivity index (χ1n) is 14.8. The number of hydrogen-bond acceptors (Lipinski definition) is 7. The quantitative estimate of drug-likeness (QED) is 0.255. The highest BCUT2D eigenvalue weighted by atomic mass is 32.2. The van der Waals surface area contributed by atoms with Crippen molar-refractivity contribution in [2.75, 3.05) is 57.0 Å². The summed E-state index contributed by atoms with van der Waals surface area (Å²) >= 11 is 1.60. The Morgan fingerprint density at radius 1 is 1.20 bits per heavy atom. The highest BCUT2D eigenvalue weighted by Crippen LogP contribution is 2.43. The molecule has 0 unspecified atom stereocenters. The number of halogens is 3. The highest BCUT2D eigenvalue weighted by molar-refractivity contribution is 7.99. The fourth-order valence-electron chi connectivity index (χ4n) is 6.39. The molecule has 3 aliphatic rings. The van der Waals surface area contributed by atoms with Crippen molar-refractivity contribution in [2.45, 2.75) is 42.7 Å². The van der Waals surface area contributed by atoms with Gasteiger partial charge in [0.1, 0.15) is 29.8 Å². The van der Waals surface area contributed by atoms with Crippen LogP contribution in [0.15, 0.2) is 41.6 Å². The van der Waals surface area contributed by atoms with Gasteiger partial charge in [-0.05, 0) is 56.7 Å². The number of aromatic nitrogens is 2. The summed E-state index contributed by atoms with van der Waals surface area (Å²) in [5.74, 6) is -2.41. The number of rotatable bonds is 7. The van der Waals surface area contributed by atoms with Crippen LogP contribution in [-0.4, -0.2) is 89.9 Å². The lowest BCUT2D eigenvalue weighted by Crippen LogP contribution is -2.56. The Morgan fingerprint density at radius 2 is 2.05 bits per heavy atom. The summed E-state index contributed by atoms with van der Waals surface area (Å²) in [4.78, 5) is 31.1. The van der Waals surface area contributed by atoms with Gasteiger partial charge in [0.25, 0.3) is 5.91 Å². The average molecular weight is 623 g/mol. The molecule has 3 aromatic rings. The smallest absolute Gasteiger partial charge is 0.319 e. The van der Waals surface area contributed by atoms with Crippen LogP contribution in [0, 0.1) is 18.2 Å². The van der Waals surface area contributed by atoms with Crippen molar-refractivity contribution in [1.82, 2.24) is 19.8 Å². The minimum Gasteiger partial charge on any atom is -0.462 e. The van der Waals surface area contributed by atoms with Crippen LogP contribution >= 0.6 is 11.8 Å². The number of fused-ring (bicyclic) bond motifs is 2. The third-order valence-electron chi connectivity index (χ3n) is 8.70. The van der Waals surface area contributed by atoms with Crippen molar-refractivity contribution in [3.05, 3.63) is 65.3 Å². The lowest BCUT2D eigenvalue weighted by Gasteiger charge is -2.39. The first-order chi connectivity index (χ1) is 21.3. The molecule has 0 N–H and O–H groups in total. The van der Waals surface area contributed by atoms with E-state index in [9.17, 15) is 9.18 Å². The molecule has 0 bridgehead atoms. The van der Waals surface area contributed by atoms with Crippen LogP contribution in [0.4, 0.5) is 19.0 Å². The van der Waals surface area contributed by atoms with Crippen LogP contribution < -0.4 is 9.64 Å². The molecule has 12 heteroatoms. The number of ether oxygens (including phenoxy) is 1. The Kier molecular flexibility index (Phi) is 8.69. The van der Waals surface area contributed by atoms with Crippen molar-refractivity contribution < 1.29 is 22.7 Å². The zero-order valence-corrected chi connectivity index (χ0v) is 25.3. The number of piperazine rings is 1. The van der Waals surface area contributed by atoms with E-state index in [1.165, 1.54) is 11.0 Å². The fourth-order valence-corrected chi connectivity index (χ4v) is 7.57. The maximum atomic E-state index is 16.6. The molecule has 3 aliphatic heterocycles. The summed E-state index contributed by atoms with van der Waals surface area (Å²) in [6.45, 7) is 12.1. The molecule has 1 aromatic heterocycles. The van der Waals surface area contributed by atoms with Crippen LogP contribution in [0.3, 0.4) is 0 Å². The molecule has 2 saturated heterocycles. The maximum Gasteiger partial charge on any atom is 0.319 e. The molecule has 2 atom stereocenters. The van der Waals surface area contributed by atoms with Crippen molar-refractivity contribution >= 4 is 34.4 Å². The normalized spacial score (nSPS) is 20.4. The Hall–Kier alpha value is -3.82. The summed E-state index contributed by atoms with van der Waals surface area (Å²) in [7, 11) is 2.02. The largest absolute Gasteiger partial charge is 0.462 e. The summed E-state index contributed by atoms with van der Waals surface area (Å²) < 4.78 is 52.5. The fraction of sp³-hybridized carbons (Fsp3) is 0.438. The number of benzene rings is 2. The van der Waals surface area contributed by atoms with E-state index in [0.717, 1.165) is 48.4 Å². The molecular formula is C32H33F3N6O2S. The van der Waals surface area contributed by atoms with Gasteiger partial charge in [-0.25, -0.2) is 19.7 Å². The van der Waals surface area contributed by atoms with Gasteiger partial charge in [0.15, 0.2) is 11.6 Å². The number of hydrogen-bond donors (Lipinski definition) is 0. The second-order valence-corrected chi connectivity index (χ2v) is 12.6. The topological polar surface area (TPSA) is 66.2 Å². The van der Waals surface area contributed by atoms with Gasteiger partial charge in [-0.1, -0.05) is 24.8 Å². The van der Waals surface area contributed by atoms with Crippen LogP contribution in [0.5, 0.6) is 6.01 Å².